The molecule has 146 valence electrons. The van der Waals surface area contributed by atoms with E-state index in [2.05, 4.69) is 10.0 Å². The number of carbonyl (C=O) groups excluding carboxylic acids is 1. The van der Waals surface area contributed by atoms with E-state index in [1.807, 2.05) is 24.3 Å². The van der Waals surface area contributed by atoms with Crippen LogP contribution in [0.3, 0.4) is 0 Å². The van der Waals surface area contributed by atoms with E-state index in [0.717, 1.165) is 11.3 Å². The predicted octanol–water partition coefficient (Wildman–Crippen LogP) is 2.74. The number of sulfonamides is 1. The lowest BCUT2D eigenvalue weighted by Gasteiger charge is -2.20. The molecule has 0 unspecified atom stereocenters. The molecule has 27 heavy (non-hydrogen) atoms. The molecule has 0 spiro atoms. The SMILES string of the molecule is COc1ccccc1CCNC(=O)c1cccc(S(=O)(=O)NC(C)(C)C)c1. The summed E-state index contributed by atoms with van der Waals surface area (Å²) in [6.45, 7) is 5.70. The fourth-order valence-electron chi connectivity index (χ4n) is 2.59. The van der Waals surface area contributed by atoms with Gasteiger partial charge >= 0.3 is 0 Å². The second kappa shape index (κ2) is 8.54. The molecule has 2 aromatic rings. The smallest absolute Gasteiger partial charge is 0.251 e. The topological polar surface area (TPSA) is 84.5 Å². The lowest BCUT2D eigenvalue weighted by molar-refractivity contribution is 0.0954. The number of hydrogen-bond acceptors (Lipinski definition) is 4. The Morgan fingerprint density at radius 2 is 1.78 bits per heavy atom. The minimum absolute atomic E-state index is 0.0646. The minimum Gasteiger partial charge on any atom is -0.496 e. The quantitative estimate of drug-likeness (QED) is 0.761. The Morgan fingerprint density at radius 1 is 1.07 bits per heavy atom. The van der Waals surface area contributed by atoms with Gasteiger partial charge in [0.15, 0.2) is 0 Å². The van der Waals surface area contributed by atoms with Crippen molar-refractivity contribution in [2.24, 2.45) is 0 Å². The van der Waals surface area contributed by atoms with Gasteiger partial charge in [0.2, 0.25) is 10.0 Å². The largest absolute Gasteiger partial charge is 0.496 e. The summed E-state index contributed by atoms with van der Waals surface area (Å²) in [6.07, 6.45) is 0.610. The molecule has 1 amide bonds. The van der Waals surface area contributed by atoms with Crippen molar-refractivity contribution in [1.82, 2.24) is 10.0 Å². The highest BCUT2D eigenvalue weighted by atomic mass is 32.2. The van der Waals surface area contributed by atoms with Crippen LogP contribution in [0, 0.1) is 0 Å². The highest BCUT2D eigenvalue weighted by Crippen LogP contribution is 2.18. The summed E-state index contributed by atoms with van der Waals surface area (Å²) in [6, 6.07) is 13.6. The van der Waals surface area contributed by atoms with Crippen LogP contribution in [0.2, 0.25) is 0 Å². The van der Waals surface area contributed by atoms with Crippen molar-refractivity contribution in [3.05, 3.63) is 59.7 Å². The zero-order valence-corrected chi connectivity index (χ0v) is 16.9. The van der Waals surface area contributed by atoms with Crippen molar-refractivity contribution >= 4 is 15.9 Å². The standard InChI is InChI=1S/C20H26N2O4S/c1-20(2,3)22-27(24,25)17-10-7-9-16(14-17)19(23)21-13-12-15-8-5-6-11-18(15)26-4/h5-11,14,22H,12-13H2,1-4H3,(H,21,23). The number of methoxy groups -OCH3 is 1. The third kappa shape index (κ3) is 6.08. The zero-order valence-electron chi connectivity index (χ0n) is 16.1. The number of hydrogen-bond donors (Lipinski definition) is 2. The molecule has 0 aliphatic rings. The minimum atomic E-state index is -3.69. The lowest BCUT2D eigenvalue weighted by Crippen LogP contribution is -2.40. The van der Waals surface area contributed by atoms with Crippen LogP contribution >= 0.6 is 0 Å². The molecule has 6 nitrogen and oxygen atoms in total. The zero-order chi connectivity index (χ0) is 20.1. The molecule has 0 aliphatic carbocycles. The Balaban J connectivity index is 2.05. The maximum Gasteiger partial charge on any atom is 0.251 e. The number of amides is 1. The van der Waals surface area contributed by atoms with Crippen LogP contribution in [0.1, 0.15) is 36.7 Å². The van der Waals surface area contributed by atoms with Crippen molar-refractivity contribution in [3.8, 4) is 5.75 Å². The van der Waals surface area contributed by atoms with E-state index in [9.17, 15) is 13.2 Å². The summed E-state index contributed by atoms with van der Waals surface area (Å²) in [5.74, 6) is 0.450. The summed E-state index contributed by atoms with van der Waals surface area (Å²) in [5.41, 5.74) is 0.684. The van der Waals surface area contributed by atoms with Gasteiger partial charge in [-0.3, -0.25) is 4.79 Å². The van der Waals surface area contributed by atoms with Gasteiger partial charge in [0.1, 0.15) is 5.75 Å². The van der Waals surface area contributed by atoms with Gasteiger partial charge in [-0.05, 0) is 57.0 Å². The van der Waals surface area contributed by atoms with E-state index in [4.69, 9.17) is 4.74 Å². The molecule has 0 aliphatic heterocycles. The molecule has 0 fully saturated rings. The number of rotatable bonds is 7. The van der Waals surface area contributed by atoms with Crippen LogP contribution in [0.5, 0.6) is 5.75 Å². The van der Waals surface area contributed by atoms with Gasteiger partial charge in [-0.15, -0.1) is 0 Å². The summed E-state index contributed by atoms with van der Waals surface area (Å²) in [5, 5.41) is 2.82. The number of carbonyl (C=O) groups is 1. The average molecular weight is 391 g/mol. The van der Waals surface area contributed by atoms with Gasteiger partial charge in [-0.2, -0.15) is 0 Å². The number of benzene rings is 2. The van der Waals surface area contributed by atoms with Crippen LogP contribution in [0.4, 0.5) is 0 Å². The molecule has 2 aromatic carbocycles. The Labute approximate surface area is 161 Å². The van der Waals surface area contributed by atoms with Gasteiger partial charge < -0.3 is 10.1 Å². The highest BCUT2D eigenvalue weighted by molar-refractivity contribution is 7.89. The van der Waals surface area contributed by atoms with E-state index in [-0.39, 0.29) is 10.8 Å². The molecule has 0 atom stereocenters. The number of para-hydroxylation sites is 1. The molecule has 2 rings (SSSR count). The number of nitrogens with one attached hydrogen (secondary N) is 2. The average Bonchev–Trinajstić information content (AvgIpc) is 2.60. The molecular weight excluding hydrogens is 364 g/mol. The van der Waals surface area contributed by atoms with Gasteiger partial charge in [0.05, 0.1) is 12.0 Å². The molecule has 0 bridgehead atoms. The predicted molar refractivity (Wildman–Crippen MR) is 106 cm³/mol. The first-order valence-electron chi connectivity index (χ1n) is 8.66. The Morgan fingerprint density at radius 3 is 2.44 bits per heavy atom. The Bertz CT molecular complexity index is 902. The summed E-state index contributed by atoms with van der Waals surface area (Å²) < 4.78 is 32.7. The van der Waals surface area contributed by atoms with E-state index < -0.39 is 15.6 Å². The Hall–Kier alpha value is -2.38. The first kappa shape index (κ1) is 20.9. The summed E-state index contributed by atoms with van der Waals surface area (Å²) >= 11 is 0. The van der Waals surface area contributed by atoms with Crippen LogP contribution < -0.4 is 14.8 Å². The molecule has 0 aromatic heterocycles. The summed E-state index contributed by atoms with van der Waals surface area (Å²) in [7, 11) is -2.09. The summed E-state index contributed by atoms with van der Waals surface area (Å²) in [4.78, 5) is 12.5. The van der Waals surface area contributed by atoms with Crippen molar-refractivity contribution < 1.29 is 17.9 Å². The monoisotopic (exact) mass is 390 g/mol. The van der Waals surface area contributed by atoms with Gasteiger partial charge in [-0.1, -0.05) is 24.3 Å². The van der Waals surface area contributed by atoms with E-state index in [0.29, 0.717) is 18.5 Å². The fourth-order valence-corrected chi connectivity index (χ4v) is 4.05. The number of ether oxygens (including phenoxy) is 1. The second-order valence-electron chi connectivity index (χ2n) is 7.20. The van der Waals surface area contributed by atoms with Crippen LogP contribution in [0.15, 0.2) is 53.4 Å². The van der Waals surface area contributed by atoms with E-state index in [1.54, 1.807) is 40.0 Å². The van der Waals surface area contributed by atoms with Gasteiger partial charge in [-0.25, -0.2) is 13.1 Å². The van der Waals surface area contributed by atoms with E-state index >= 15 is 0 Å². The Kier molecular flexibility index (Phi) is 6.62. The van der Waals surface area contributed by atoms with Crippen LogP contribution in [-0.2, 0) is 16.4 Å². The first-order chi connectivity index (χ1) is 12.6. The molecule has 0 heterocycles. The molecule has 7 heteroatoms. The maximum atomic E-state index is 12.4. The molecular formula is C20H26N2O4S. The van der Waals surface area contributed by atoms with Gasteiger partial charge in [0.25, 0.3) is 5.91 Å². The fraction of sp³-hybridized carbons (Fsp3) is 0.350. The lowest BCUT2D eigenvalue weighted by atomic mass is 10.1. The van der Waals surface area contributed by atoms with Crippen molar-refractivity contribution in [1.29, 1.82) is 0 Å². The third-order valence-corrected chi connectivity index (χ3v) is 5.48. The van der Waals surface area contributed by atoms with Crippen molar-refractivity contribution in [2.45, 2.75) is 37.6 Å². The van der Waals surface area contributed by atoms with E-state index in [1.165, 1.54) is 12.1 Å². The van der Waals surface area contributed by atoms with Crippen LogP contribution in [0.25, 0.3) is 0 Å². The van der Waals surface area contributed by atoms with Gasteiger partial charge in [0, 0.05) is 17.6 Å². The third-order valence-electron chi connectivity index (χ3n) is 3.72. The maximum absolute atomic E-state index is 12.4. The second-order valence-corrected chi connectivity index (χ2v) is 8.88. The molecule has 0 saturated heterocycles. The molecule has 0 radical (unpaired) electrons. The van der Waals surface area contributed by atoms with Crippen molar-refractivity contribution in [3.63, 3.8) is 0 Å². The molecule has 2 N–H and O–H groups in total. The highest BCUT2D eigenvalue weighted by Gasteiger charge is 2.22. The first-order valence-corrected chi connectivity index (χ1v) is 10.1. The normalized spacial score (nSPS) is 11.9. The molecule has 0 saturated carbocycles. The van der Waals surface area contributed by atoms with Crippen molar-refractivity contribution in [2.75, 3.05) is 13.7 Å². The van der Waals surface area contributed by atoms with Crippen LogP contribution in [-0.4, -0.2) is 33.5 Å².